The average molecular weight is 521 g/mol. The Morgan fingerprint density at radius 2 is 1.61 bits per heavy atom. The van der Waals surface area contributed by atoms with Gasteiger partial charge in [-0.2, -0.15) is 0 Å². The van der Waals surface area contributed by atoms with Crippen molar-refractivity contribution in [2.24, 2.45) is 0 Å². The number of anilines is 2. The van der Waals surface area contributed by atoms with E-state index < -0.39 is 17.9 Å². The number of hydrogen-bond donors (Lipinski definition) is 2. The summed E-state index contributed by atoms with van der Waals surface area (Å²) >= 11 is 11.6. The lowest BCUT2D eigenvalue weighted by atomic mass is 10.0. The maximum atomic E-state index is 13.3. The number of carbonyl (C=O) groups excluding carboxylic acids is 3. The van der Waals surface area contributed by atoms with Crippen LogP contribution in [0.15, 0.2) is 78.9 Å². The smallest absolute Gasteiger partial charge is 0.269 e. The number of rotatable bonds is 6. The van der Waals surface area contributed by atoms with E-state index in [1.807, 2.05) is 24.3 Å². The fraction of sp³-hybridized carbons (Fsp3) is 0.185. The summed E-state index contributed by atoms with van der Waals surface area (Å²) in [5, 5.41) is 4.60. The molecule has 0 spiro atoms. The first kappa shape index (κ1) is 25.3. The zero-order valence-corrected chi connectivity index (χ0v) is 21.3. The molecule has 184 valence electrons. The van der Waals surface area contributed by atoms with E-state index in [-0.39, 0.29) is 17.4 Å². The number of nitrogens with zero attached hydrogens (tertiary/aromatic N) is 2. The minimum atomic E-state index is -1.05. The molecule has 7 nitrogen and oxygen atoms in total. The van der Waals surface area contributed by atoms with Crippen LogP contribution in [0.1, 0.15) is 42.1 Å². The number of nitrogens with one attached hydrogen (secondary N) is 2. The van der Waals surface area contributed by atoms with Crippen molar-refractivity contribution < 1.29 is 14.4 Å². The molecule has 3 amide bonds. The van der Waals surface area contributed by atoms with Crippen LogP contribution in [-0.4, -0.2) is 33.9 Å². The van der Waals surface area contributed by atoms with Gasteiger partial charge in [-0.15, -0.1) is 0 Å². The molecule has 0 bridgehead atoms. The Morgan fingerprint density at radius 1 is 0.972 bits per heavy atom. The van der Waals surface area contributed by atoms with Crippen molar-refractivity contribution in [1.82, 2.24) is 10.4 Å². The Morgan fingerprint density at radius 3 is 2.22 bits per heavy atom. The van der Waals surface area contributed by atoms with Gasteiger partial charge < -0.3 is 5.32 Å². The number of hydrogen-bond acceptors (Lipinski definition) is 4. The van der Waals surface area contributed by atoms with Crippen LogP contribution in [0.25, 0.3) is 0 Å². The van der Waals surface area contributed by atoms with Gasteiger partial charge in [0, 0.05) is 16.3 Å². The quantitative estimate of drug-likeness (QED) is 0.440. The highest BCUT2D eigenvalue weighted by Crippen LogP contribution is 2.26. The summed E-state index contributed by atoms with van der Waals surface area (Å²) in [7, 11) is 0. The predicted octanol–water partition coefficient (Wildman–Crippen LogP) is 5.14. The van der Waals surface area contributed by atoms with Gasteiger partial charge in [0.15, 0.2) is 0 Å². The second-order valence-corrected chi connectivity index (χ2v) is 9.45. The Balaban J connectivity index is 1.62. The molecule has 1 saturated heterocycles. The standard InChI is InChI=1S/C27H25ClN4O3S/c1-17(2)18-8-12-21(13-9-18)29-26(35)23-16-24(33)31(22-14-10-20(28)11-15-22)27(36)32(23)30-25(34)19-6-4-3-5-7-19/h3-15,17,23H,16H2,1-2H3,(H,29,35)(H,30,34)/t23-/m0/s1. The third kappa shape index (κ3) is 5.56. The third-order valence-electron chi connectivity index (χ3n) is 5.82. The van der Waals surface area contributed by atoms with E-state index >= 15 is 0 Å². The summed E-state index contributed by atoms with van der Waals surface area (Å²) in [5.41, 5.74) is 5.32. The normalized spacial score (nSPS) is 15.7. The van der Waals surface area contributed by atoms with E-state index in [0.29, 0.717) is 27.9 Å². The van der Waals surface area contributed by atoms with Crippen molar-refractivity contribution in [2.75, 3.05) is 10.2 Å². The molecular weight excluding hydrogens is 496 g/mol. The molecule has 3 aromatic rings. The van der Waals surface area contributed by atoms with Crippen LogP contribution >= 0.6 is 23.8 Å². The summed E-state index contributed by atoms with van der Waals surface area (Å²) < 4.78 is 0. The number of hydrazine groups is 1. The lowest BCUT2D eigenvalue weighted by Crippen LogP contribution is -2.65. The summed E-state index contributed by atoms with van der Waals surface area (Å²) in [6, 6.07) is 21.6. The van der Waals surface area contributed by atoms with Crippen molar-refractivity contribution in [2.45, 2.75) is 32.2 Å². The molecule has 1 aliphatic rings. The molecule has 0 aromatic heterocycles. The van der Waals surface area contributed by atoms with Crippen molar-refractivity contribution in [3.63, 3.8) is 0 Å². The number of thiocarbonyl (C=S) groups is 1. The van der Waals surface area contributed by atoms with Gasteiger partial charge in [-0.1, -0.05) is 55.8 Å². The second kappa shape index (κ2) is 10.9. The average Bonchev–Trinajstić information content (AvgIpc) is 2.87. The molecule has 4 rings (SSSR count). The molecule has 1 atom stereocenters. The topological polar surface area (TPSA) is 81.8 Å². The van der Waals surface area contributed by atoms with E-state index in [9.17, 15) is 14.4 Å². The molecule has 1 aliphatic heterocycles. The minimum Gasteiger partial charge on any atom is -0.324 e. The lowest BCUT2D eigenvalue weighted by Gasteiger charge is -2.41. The van der Waals surface area contributed by atoms with Crippen LogP contribution < -0.4 is 15.6 Å². The summed E-state index contributed by atoms with van der Waals surface area (Å²) in [5.74, 6) is -0.942. The summed E-state index contributed by atoms with van der Waals surface area (Å²) in [4.78, 5) is 40.8. The Labute approximate surface area is 220 Å². The van der Waals surface area contributed by atoms with Crippen LogP contribution in [0.5, 0.6) is 0 Å². The zero-order chi connectivity index (χ0) is 25.8. The van der Waals surface area contributed by atoms with Gasteiger partial charge in [-0.3, -0.25) is 24.7 Å². The van der Waals surface area contributed by atoms with Gasteiger partial charge >= 0.3 is 0 Å². The van der Waals surface area contributed by atoms with E-state index in [2.05, 4.69) is 24.6 Å². The van der Waals surface area contributed by atoms with Gasteiger partial charge in [0.05, 0.1) is 12.1 Å². The van der Waals surface area contributed by atoms with Crippen molar-refractivity contribution in [1.29, 1.82) is 0 Å². The van der Waals surface area contributed by atoms with Crippen LogP contribution in [0.2, 0.25) is 5.02 Å². The predicted molar refractivity (Wildman–Crippen MR) is 145 cm³/mol. The van der Waals surface area contributed by atoms with Crippen LogP contribution in [0.3, 0.4) is 0 Å². The van der Waals surface area contributed by atoms with E-state index in [1.54, 1.807) is 54.6 Å². The zero-order valence-electron chi connectivity index (χ0n) is 19.8. The molecule has 0 saturated carbocycles. The highest BCUT2D eigenvalue weighted by atomic mass is 35.5. The Kier molecular flexibility index (Phi) is 7.67. The lowest BCUT2D eigenvalue weighted by molar-refractivity contribution is -0.127. The molecule has 1 fully saturated rings. The first-order chi connectivity index (χ1) is 17.2. The molecular formula is C27H25ClN4O3S. The van der Waals surface area contributed by atoms with Crippen LogP contribution in [0.4, 0.5) is 11.4 Å². The minimum absolute atomic E-state index is 0.0202. The SMILES string of the molecule is CC(C)c1ccc(NC(=O)[C@@H]2CC(=O)N(c3ccc(Cl)cc3)C(=S)N2NC(=O)c2ccccc2)cc1. The van der Waals surface area contributed by atoms with Gasteiger partial charge in [0.2, 0.25) is 16.9 Å². The highest BCUT2D eigenvalue weighted by molar-refractivity contribution is 7.80. The van der Waals surface area contributed by atoms with Crippen molar-refractivity contribution >= 4 is 58.0 Å². The van der Waals surface area contributed by atoms with Gasteiger partial charge in [-0.25, -0.2) is 5.01 Å². The third-order valence-corrected chi connectivity index (χ3v) is 6.45. The van der Waals surface area contributed by atoms with E-state index in [0.717, 1.165) is 5.56 Å². The largest absolute Gasteiger partial charge is 0.324 e. The van der Waals surface area contributed by atoms with E-state index in [4.69, 9.17) is 23.8 Å². The Bertz CT molecular complexity index is 1280. The molecule has 2 N–H and O–H groups in total. The fourth-order valence-electron chi connectivity index (χ4n) is 3.82. The highest BCUT2D eigenvalue weighted by Gasteiger charge is 2.42. The summed E-state index contributed by atoms with van der Waals surface area (Å²) in [6.07, 6.45) is -0.201. The monoisotopic (exact) mass is 520 g/mol. The van der Waals surface area contributed by atoms with Gasteiger partial charge in [-0.05, 0) is 72.2 Å². The maximum absolute atomic E-state index is 13.3. The van der Waals surface area contributed by atoms with E-state index in [1.165, 1.54) is 9.91 Å². The van der Waals surface area contributed by atoms with Crippen LogP contribution in [-0.2, 0) is 9.59 Å². The molecule has 0 aliphatic carbocycles. The molecule has 9 heteroatoms. The first-order valence-corrected chi connectivity index (χ1v) is 12.2. The number of benzene rings is 3. The van der Waals surface area contributed by atoms with Crippen molar-refractivity contribution in [3.05, 3.63) is 95.0 Å². The second-order valence-electron chi connectivity index (χ2n) is 8.65. The number of amides is 3. The van der Waals surface area contributed by atoms with Gasteiger partial charge in [0.1, 0.15) is 6.04 Å². The van der Waals surface area contributed by atoms with Gasteiger partial charge in [0.25, 0.3) is 5.91 Å². The first-order valence-electron chi connectivity index (χ1n) is 11.4. The Hall–Kier alpha value is -3.75. The molecule has 3 aromatic carbocycles. The number of carbonyl (C=O) groups is 3. The van der Waals surface area contributed by atoms with Crippen LogP contribution in [0, 0.1) is 0 Å². The van der Waals surface area contributed by atoms with Crippen molar-refractivity contribution in [3.8, 4) is 0 Å². The molecule has 36 heavy (non-hydrogen) atoms. The number of halogens is 1. The fourth-order valence-corrected chi connectivity index (χ4v) is 4.32. The maximum Gasteiger partial charge on any atom is 0.269 e. The molecule has 0 unspecified atom stereocenters. The summed E-state index contributed by atoms with van der Waals surface area (Å²) in [6.45, 7) is 4.17. The molecule has 0 radical (unpaired) electrons. The molecule has 1 heterocycles.